The molecule has 1 fully saturated rings. The molecule has 0 aromatic rings. The molecule has 2 unspecified atom stereocenters. The van der Waals surface area contributed by atoms with Gasteiger partial charge in [0.15, 0.2) is 0 Å². The van der Waals surface area contributed by atoms with E-state index in [1.807, 2.05) is 20.8 Å². The molecule has 2 N–H and O–H groups in total. The molecular formula is C13H25N3O2. The predicted molar refractivity (Wildman–Crippen MR) is 71.1 cm³/mol. The molecule has 0 aromatic heterocycles. The van der Waals surface area contributed by atoms with E-state index < -0.39 is 6.04 Å². The molecule has 1 saturated heterocycles. The van der Waals surface area contributed by atoms with Crippen molar-refractivity contribution in [2.75, 3.05) is 26.2 Å². The molecule has 5 nitrogen and oxygen atoms in total. The molecule has 0 aromatic carbocycles. The number of carbonyl (C=O) groups excluding carboxylic acids is 2. The van der Waals surface area contributed by atoms with Gasteiger partial charge in [-0.3, -0.25) is 9.59 Å². The minimum atomic E-state index is -0.449. The third kappa shape index (κ3) is 3.22. The molecular weight excluding hydrogens is 230 g/mol. The summed E-state index contributed by atoms with van der Waals surface area (Å²) in [5.41, 5.74) is -0.377. The first-order valence-electron chi connectivity index (χ1n) is 6.75. The Hall–Kier alpha value is -1.10. The van der Waals surface area contributed by atoms with Crippen molar-refractivity contribution in [1.82, 2.24) is 15.5 Å². The molecule has 0 saturated carbocycles. The molecule has 0 radical (unpaired) electrons. The van der Waals surface area contributed by atoms with Crippen LogP contribution in [0.1, 0.15) is 34.1 Å². The largest absolute Gasteiger partial charge is 0.344 e. The SMILES string of the molecule is CCN(CC)C(=O)C(C)NC(=O)C1(C)CCNC1. The van der Waals surface area contributed by atoms with Crippen molar-refractivity contribution in [3.8, 4) is 0 Å². The van der Waals surface area contributed by atoms with Gasteiger partial charge >= 0.3 is 0 Å². The Balaban J connectivity index is 2.56. The number of nitrogens with one attached hydrogen (secondary N) is 2. The van der Waals surface area contributed by atoms with Crippen LogP contribution in [0.15, 0.2) is 0 Å². The van der Waals surface area contributed by atoms with Crippen LogP contribution in [0.3, 0.4) is 0 Å². The molecule has 0 bridgehead atoms. The second-order valence-electron chi connectivity index (χ2n) is 5.19. The lowest BCUT2D eigenvalue weighted by Gasteiger charge is -2.27. The van der Waals surface area contributed by atoms with Crippen molar-refractivity contribution in [3.63, 3.8) is 0 Å². The summed E-state index contributed by atoms with van der Waals surface area (Å²) in [6.45, 7) is 10.5. The topological polar surface area (TPSA) is 61.4 Å². The predicted octanol–water partition coefficient (Wildman–Crippen LogP) is 0.359. The van der Waals surface area contributed by atoms with Crippen LogP contribution in [0.5, 0.6) is 0 Å². The standard InChI is InChI=1S/C13H25N3O2/c1-5-16(6-2)11(17)10(3)15-12(18)13(4)7-8-14-9-13/h10,14H,5-9H2,1-4H3,(H,15,18). The number of hydrogen-bond acceptors (Lipinski definition) is 3. The lowest BCUT2D eigenvalue weighted by molar-refractivity contribution is -0.138. The van der Waals surface area contributed by atoms with Gasteiger partial charge in [0, 0.05) is 19.6 Å². The second kappa shape index (κ2) is 6.18. The average molecular weight is 255 g/mol. The molecule has 0 spiro atoms. The maximum Gasteiger partial charge on any atom is 0.244 e. The number of hydrogen-bond donors (Lipinski definition) is 2. The van der Waals surface area contributed by atoms with Crippen LogP contribution in [-0.4, -0.2) is 48.9 Å². The van der Waals surface area contributed by atoms with Crippen molar-refractivity contribution in [2.24, 2.45) is 5.41 Å². The summed E-state index contributed by atoms with van der Waals surface area (Å²) < 4.78 is 0. The lowest BCUT2D eigenvalue weighted by atomic mass is 9.88. The van der Waals surface area contributed by atoms with Gasteiger partial charge in [-0.15, -0.1) is 0 Å². The fraction of sp³-hybridized carbons (Fsp3) is 0.846. The van der Waals surface area contributed by atoms with Crippen LogP contribution < -0.4 is 10.6 Å². The Morgan fingerprint density at radius 3 is 2.44 bits per heavy atom. The van der Waals surface area contributed by atoms with Crippen LogP contribution in [0.2, 0.25) is 0 Å². The molecule has 1 aliphatic rings. The number of rotatable bonds is 5. The van der Waals surface area contributed by atoms with Gasteiger partial charge in [0.05, 0.1) is 5.41 Å². The van der Waals surface area contributed by atoms with Gasteiger partial charge in [-0.25, -0.2) is 0 Å². The highest BCUT2D eigenvalue weighted by Gasteiger charge is 2.37. The number of nitrogens with zero attached hydrogens (tertiary/aromatic N) is 1. The average Bonchev–Trinajstić information content (AvgIpc) is 2.78. The summed E-state index contributed by atoms with van der Waals surface area (Å²) in [7, 11) is 0. The van der Waals surface area contributed by atoms with E-state index in [9.17, 15) is 9.59 Å². The van der Waals surface area contributed by atoms with Crippen molar-refractivity contribution in [2.45, 2.75) is 40.2 Å². The molecule has 1 rings (SSSR count). The number of carbonyl (C=O) groups is 2. The summed E-state index contributed by atoms with van der Waals surface area (Å²) in [4.78, 5) is 26.0. The number of amides is 2. The van der Waals surface area contributed by atoms with E-state index in [0.717, 1.165) is 13.0 Å². The number of likely N-dealkylation sites (N-methyl/N-ethyl adjacent to an activating group) is 1. The highest BCUT2D eigenvalue weighted by molar-refractivity contribution is 5.90. The van der Waals surface area contributed by atoms with E-state index in [1.54, 1.807) is 11.8 Å². The molecule has 104 valence electrons. The maximum atomic E-state index is 12.2. The van der Waals surface area contributed by atoms with Crippen LogP contribution in [0, 0.1) is 5.41 Å². The highest BCUT2D eigenvalue weighted by atomic mass is 16.2. The first-order chi connectivity index (χ1) is 8.44. The van der Waals surface area contributed by atoms with E-state index in [2.05, 4.69) is 10.6 Å². The van der Waals surface area contributed by atoms with Crippen molar-refractivity contribution in [3.05, 3.63) is 0 Å². The monoisotopic (exact) mass is 255 g/mol. The van der Waals surface area contributed by atoms with Crippen LogP contribution >= 0.6 is 0 Å². The van der Waals surface area contributed by atoms with Gasteiger partial charge in [0.2, 0.25) is 11.8 Å². The van der Waals surface area contributed by atoms with E-state index in [1.165, 1.54) is 0 Å². The van der Waals surface area contributed by atoms with E-state index >= 15 is 0 Å². The third-order valence-electron chi connectivity index (χ3n) is 3.71. The van der Waals surface area contributed by atoms with Gasteiger partial charge in [-0.1, -0.05) is 0 Å². The van der Waals surface area contributed by atoms with Gasteiger partial charge in [0.25, 0.3) is 0 Å². The van der Waals surface area contributed by atoms with E-state index in [-0.39, 0.29) is 17.2 Å². The van der Waals surface area contributed by atoms with Crippen molar-refractivity contribution >= 4 is 11.8 Å². The zero-order valence-corrected chi connectivity index (χ0v) is 11.9. The van der Waals surface area contributed by atoms with Crippen molar-refractivity contribution in [1.29, 1.82) is 0 Å². The van der Waals surface area contributed by atoms with E-state index in [0.29, 0.717) is 19.6 Å². The first-order valence-corrected chi connectivity index (χ1v) is 6.75. The Kier molecular flexibility index (Phi) is 5.14. The highest BCUT2D eigenvalue weighted by Crippen LogP contribution is 2.24. The van der Waals surface area contributed by atoms with E-state index in [4.69, 9.17) is 0 Å². The Bertz CT molecular complexity index is 307. The molecule has 2 amide bonds. The smallest absolute Gasteiger partial charge is 0.244 e. The fourth-order valence-corrected chi connectivity index (χ4v) is 2.25. The quantitative estimate of drug-likeness (QED) is 0.745. The summed E-state index contributed by atoms with van der Waals surface area (Å²) in [6, 6.07) is -0.449. The van der Waals surface area contributed by atoms with Gasteiger partial charge in [0.1, 0.15) is 6.04 Å². The lowest BCUT2D eigenvalue weighted by Crippen LogP contribution is -2.51. The summed E-state index contributed by atoms with van der Waals surface area (Å²) in [6.07, 6.45) is 0.824. The minimum Gasteiger partial charge on any atom is -0.344 e. The van der Waals surface area contributed by atoms with Crippen molar-refractivity contribution < 1.29 is 9.59 Å². The van der Waals surface area contributed by atoms with Crippen LogP contribution in [0.25, 0.3) is 0 Å². The Morgan fingerprint density at radius 2 is 2.00 bits per heavy atom. The molecule has 5 heteroatoms. The molecule has 2 atom stereocenters. The van der Waals surface area contributed by atoms with Gasteiger partial charge < -0.3 is 15.5 Å². The Morgan fingerprint density at radius 1 is 1.39 bits per heavy atom. The summed E-state index contributed by atoms with van der Waals surface area (Å²) >= 11 is 0. The summed E-state index contributed by atoms with van der Waals surface area (Å²) in [5.74, 6) is -0.0385. The minimum absolute atomic E-state index is 0.0112. The summed E-state index contributed by atoms with van der Waals surface area (Å²) in [5, 5.41) is 6.03. The molecule has 0 aliphatic carbocycles. The van der Waals surface area contributed by atoms with Crippen LogP contribution in [-0.2, 0) is 9.59 Å². The molecule has 1 heterocycles. The zero-order valence-electron chi connectivity index (χ0n) is 11.9. The molecule has 1 aliphatic heterocycles. The normalized spacial score (nSPS) is 24.7. The maximum absolute atomic E-state index is 12.2. The first kappa shape index (κ1) is 15.0. The third-order valence-corrected chi connectivity index (χ3v) is 3.71. The van der Waals surface area contributed by atoms with Gasteiger partial charge in [-0.2, -0.15) is 0 Å². The fourth-order valence-electron chi connectivity index (χ4n) is 2.25. The van der Waals surface area contributed by atoms with Crippen LogP contribution in [0.4, 0.5) is 0 Å². The Labute approximate surface area is 109 Å². The zero-order chi connectivity index (χ0) is 13.8. The molecule has 18 heavy (non-hydrogen) atoms. The van der Waals surface area contributed by atoms with Gasteiger partial charge in [-0.05, 0) is 40.7 Å². The second-order valence-corrected chi connectivity index (χ2v) is 5.19.